The van der Waals surface area contributed by atoms with Crippen molar-refractivity contribution < 1.29 is 19.1 Å². The van der Waals surface area contributed by atoms with Gasteiger partial charge in [0.2, 0.25) is 5.88 Å². The molecule has 116 valence electrons. The summed E-state index contributed by atoms with van der Waals surface area (Å²) in [5, 5.41) is 2.78. The normalized spacial score (nSPS) is 13.2. The zero-order chi connectivity index (χ0) is 16.0. The van der Waals surface area contributed by atoms with E-state index in [1.165, 1.54) is 13.2 Å². The summed E-state index contributed by atoms with van der Waals surface area (Å²) in [6.45, 7) is 5.58. The quantitative estimate of drug-likeness (QED) is 0.814. The molecule has 0 radical (unpaired) electrons. The maximum Gasteiger partial charge on any atom is 0.331 e. The van der Waals surface area contributed by atoms with Crippen LogP contribution in [0.2, 0.25) is 5.02 Å². The van der Waals surface area contributed by atoms with E-state index in [-0.39, 0.29) is 10.7 Å². The largest absolute Gasteiger partial charge is 0.478 e. The van der Waals surface area contributed by atoms with Crippen LogP contribution in [-0.4, -0.2) is 36.1 Å². The summed E-state index contributed by atoms with van der Waals surface area (Å²) in [6.07, 6.45) is 0.369. The second kappa shape index (κ2) is 7.26. The minimum Gasteiger partial charge on any atom is -0.478 e. The highest BCUT2D eigenvalue weighted by Crippen LogP contribution is 2.20. The molecule has 7 heteroatoms. The Morgan fingerprint density at radius 3 is 2.57 bits per heavy atom. The van der Waals surface area contributed by atoms with Crippen LogP contribution in [0, 0.1) is 0 Å². The Morgan fingerprint density at radius 2 is 2.05 bits per heavy atom. The number of halogens is 1. The van der Waals surface area contributed by atoms with Crippen molar-refractivity contribution >= 4 is 23.5 Å². The number of methoxy groups -OCH3 is 1. The van der Waals surface area contributed by atoms with E-state index in [1.807, 2.05) is 0 Å². The Labute approximate surface area is 128 Å². The van der Waals surface area contributed by atoms with E-state index < -0.39 is 17.4 Å². The number of carbonyl (C=O) groups is 2. The Balaban J connectivity index is 3.03. The monoisotopic (exact) mass is 314 g/mol. The summed E-state index contributed by atoms with van der Waals surface area (Å²) in [5.41, 5.74) is -1.13. The number of esters is 1. The van der Waals surface area contributed by atoms with Crippen LogP contribution in [0.5, 0.6) is 5.88 Å². The van der Waals surface area contributed by atoms with Gasteiger partial charge in [0.05, 0.1) is 18.7 Å². The first-order chi connectivity index (χ1) is 9.87. The molecule has 6 nitrogen and oxygen atoms in total. The van der Waals surface area contributed by atoms with Crippen LogP contribution in [0.3, 0.4) is 0 Å². The summed E-state index contributed by atoms with van der Waals surface area (Å²) < 4.78 is 9.94. The van der Waals surface area contributed by atoms with Gasteiger partial charge in [-0.25, -0.2) is 9.78 Å². The Kier molecular flexibility index (Phi) is 5.96. The number of rotatable bonds is 6. The molecule has 1 aromatic heterocycles. The third-order valence-electron chi connectivity index (χ3n) is 3.06. The number of ether oxygens (including phenoxy) is 2. The zero-order valence-corrected chi connectivity index (χ0v) is 13.3. The molecule has 0 aliphatic heterocycles. The number of aromatic nitrogens is 1. The predicted octanol–water partition coefficient (Wildman–Crippen LogP) is 2.21. The molecule has 0 saturated heterocycles. The third-order valence-corrected chi connectivity index (χ3v) is 3.37. The lowest BCUT2D eigenvalue weighted by atomic mass is 9.99. The fraction of sp³-hybridized carbons (Fsp3) is 0.500. The van der Waals surface area contributed by atoms with Gasteiger partial charge < -0.3 is 14.8 Å². The summed E-state index contributed by atoms with van der Waals surface area (Å²) in [5.74, 6) is -0.796. The average Bonchev–Trinajstić information content (AvgIpc) is 2.48. The number of hydrogen-bond acceptors (Lipinski definition) is 5. The van der Waals surface area contributed by atoms with Crippen molar-refractivity contribution in [3.63, 3.8) is 0 Å². The zero-order valence-electron chi connectivity index (χ0n) is 12.5. The van der Waals surface area contributed by atoms with E-state index in [1.54, 1.807) is 26.8 Å². The first-order valence-electron chi connectivity index (χ1n) is 6.58. The summed E-state index contributed by atoms with van der Waals surface area (Å²) in [7, 11) is 1.27. The van der Waals surface area contributed by atoms with Crippen LogP contribution in [0.15, 0.2) is 12.1 Å². The molecule has 0 aromatic carbocycles. The van der Waals surface area contributed by atoms with Gasteiger partial charge in [-0.15, -0.1) is 0 Å². The van der Waals surface area contributed by atoms with Gasteiger partial charge in [0.15, 0.2) is 5.69 Å². The minimum absolute atomic E-state index is 0.00574. The lowest BCUT2D eigenvalue weighted by Crippen LogP contribution is -2.52. The van der Waals surface area contributed by atoms with Gasteiger partial charge >= 0.3 is 5.97 Å². The van der Waals surface area contributed by atoms with E-state index in [4.69, 9.17) is 21.1 Å². The van der Waals surface area contributed by atoms with Crippen LogP contribution >= 0.6 is 11.6 Å². The molecule has 1 heterocycles. The lowest BCUT2D eigenvalue weighted by molar-refractivity contribution is -0.147. The first-order valence-corrected chi connectivity index (χ1v) is 6.96. The van der Waals surface area contributed by atoms with Crippen molar-refractivity contribution in [3.8, 4) is 5.88 Å². The highest BCUT2D eigenvalue weighted by molar-refractivity contribution is 6.33. The maximum absolute atomic E-state index is 12.3. The van der Waals surface area contributed by atoms with Crippen molar-refractivity contribution in [2.45, 2.75) is 32.7 Å². The van der Waals surface area contributed by atoms with Gasteiger partial charge in [0.1, 0.15) is 5.54 Å². The molecule has 1 rings (SSSR count). The van der Waals surface area contributed by atoms with Crippen molar-refractivity contribution in [1.29, 1.82) is 0 Å². The smallest absolute Gasteiger partial charge is 0.331 e. The highest BCUT2D eigenvalue weighted by atomic mass is 35.5. The fourth-order valence-corrected chi connectivity index (χ4v) is 1.82. The third kappa shape index (κ3) is 4.07. The summed E-state index contributed by atoms with van der Waals surface area (Å²) in [6, 6.07) is 3.10. The maximum atomic E-state index is 12.3. The number of nitrogens with zero attached hydrogens (tertiary/aromatic N) is 1. The van der Waals surface area contributed by atoms with Crippen molar-refractivity contribution in [2.75, 3.05) is 13.7 Å². The molecule has 0 saturated carbocycles. The van der Waals surface area contributed by atoms with Gasteiger partial charge in [-0.3, -0.25) is 4.79 Å². The average molecular weight is 315 g/mol. The van der Waals surface area contributed by atoms with Crippen LogP contribution in [0.4, 0.5) is 0 Å². The molecule has 0 bridgehead atoms. The molecule has 1 unspecified atom stereocenters. The molecule has 0 fully saturated rings. The first kappa shape index (κ1) is 17.2. The Morgan fingerprint density at radius 1 is 1.38 bits per heavy atom. The van der Waals surface area contributed by atoms with Gasteiger partial charge in [0, 0.05) is 6.07 Å². The molecular weight excluding hydrogens is 296 g/mol. The van der Waals surface area contributed by atoms with Crippen LogP contribution in [0.25, 0.3) is 0 Å². The van der Waals surface area contributed by atoms with Crippen LogP contribution in [0.1, 0.15) is 37.7 Å². The second-order valence-electron chi connectivity index (χ2n) is 4.54. The SMILES string of the molecule is CCOc1ccc(Cl)c(C(=O)NC(C)(CC)C(=O)OC)n1. The number of nitrogens with one attached hydrogen (secondary N) is 1. The van der Waals surface area contributed by atoms with Crippen LogP contribution in [-0.2, 0) is 9.53 Å². The van der Waals surface area contributed by atoms with Gasteiger partial charge in [-0.1, -0.05) is 18.5 Å². The predicted molar refractivity (Wildman–Crippen MR) is 78.6 cm³/mol. The van der Waals surface area contributed by atoms with E-state index >= 15 is 0 Å². The second-order valence-corrected chi connectivity index (χ2v) is 4.95. The number of amides is 1. The highest BCUT2D eigenvalue weighted by Gasteiger charge is 2.35. The van der Waals surface area contributed by atoms with Gasteiger partial charge in [-0.05, 0) is 26.3 Å². The molecule has 1 aromatic rings. The Hall–Kier alpha value is -1.82. The summed E-state index contributed by atoms with van der Waals surface area (Å²) in [4.78, 5) is 28.1. The Bertz CT molecular complexity index is 536. The molecule has 1 amide bonds. The fourth-order valence-electron chi connectivity index (χ4n) is 1.63. The summed E-state index contributed by atoms with van der Waals surface area (Å²) >= 11 is 5.98. The standard InChI is InChI=1S/C14H19ClN2O4/c1-5-14(3,13(19)20-4)17-12(18)11-9(15)7-8-10(16-11)21-6-2/h7-8H,5-6H2,1-4H3,(H,17,18). The molecule has 0 aliphatic rings. The number of carbonyl (C=O) groups excluding carboxylic acids is 2. The van der Waals surface area contributed by atoms with Gasteiger partial charge in [0.25, 0.3) is 5.91 Å². The van der Waals surface area contributed by atoms with Crippen molar-refractivity contribution in [1.82, 2.24) is 10.3 Å². The van der Waals surface area contributed by atoms with Crippen molar-refractivity contribution in [3.05, 3.63) is 22.8 Å². The minimum atomic E-state index is -1.14. The molecular formula is C14H19ClN2O4. The molecule has 1 atom stereocenters. The molecule has 0 spiro atoms. The van der Waals surface area contributed by atoms with E-state index in [0.29, 0.717) is 18.9 Å². The lowest BCUT2D eigenvalue weighted by Gasteiger charge is -2.26. The van der Waals surface area contributed by atoms with Crippen LogP contribution < -0.4 is 10.1 Å². The van der Waals surface area contributed by atoms with E-state index in [2.05, 4.69) is 10.3 Å². The number of pyridine rings is 1. The van der Waals surface area contributed by atoms with Gasteiger partial charge in [-0.2, -0.15) is 0 Å². The molecule has 1 N–H and O–H groups in total. The van der Waals surface area contributed by atoms with Crippen molar-refractivity contribution in [2.24, 2.45) is 0 Å². The number of hydrogen-bond donors (Lipinski definition) is 1. The van der Waals surface area contributed by atoms with E-state index in [9.17, 15) is 9.59 Å². The molecule has 0 aliphatic carbocycles. The van der Waals surface area contributed by atoms with E-state index in [0.717, 1.165) is 0 Å². The topological polar surface area (TPSA) is 77.5 Å². The molecule has 21 heavy (non-hydrogen) atoms.